The highest BCUT2D eigenvalue weighted by Gasteiger charge is 2.26. The van der Waals surface area contributed by atoms with Gasteiger partial charge in [-0.05, 0) is 111 Å². The SMILES string of the molecule is C1=Cc2cccc3c2C(=CC1)c1ccc(-c2cccc(N(c4ccccc4)c4ccc(-c5cccnc5)cc4)c2)cc1-3. The molecule has 0 saturated heterocycles. The molecule has 2 nitrogen and oxygen atoms in total. The molecule has 2 heteroatoms. The number of allylic oxidation sites excluding steroid dienone is 2. The minimum absolute atomic E-state index is 0.964. The van der Waals surface area contributed by atoms with Gasteiger partial charge in [0.25, 0.3) is 0 Å². The van der Waals surface area contributed by atoms with Gasteiger partial charge in [0, 0.05) is 29.5 Å². The van der Waals surface area contributed by atoms with Crippen LogP contribution in [0.25, 0.3) is 45.0 Å². The van der Waals surface area contributed by atoms with Crippen LogP contribution in [0.4, 0.5) is 17.1 Å². The van der Waals surface area contributed by atoms with Gasteiger partial charge in [0.15, 0.2) is 0 Å². The van der Waals surface area contributed by atoms with Crippen LogP contribution < -0.4 is 4.90 Å². The first kappa shape index (κ1) is 24.3. The molecule has 0 unspecified atom stereocenters. The molecular weight excluding hydrogens is 508 g/mol. The molecule has 0 aliphatic heterocycles. The fourth-order valence-electron chi connectivity index (χ4n) is 6.33. The standard InChI is InChI=1S/C40H28N2/c1-2-13-33(14-3-1)42(34-21-18-28(19-22-34)32-12-8-24-41-27-32)35-15-6-11-30(25-35)31-20-23-36-37-16-5-4-9-29-10-7-17-38(40(29)37)39(36)26-31/h1-4,6-27H,5H2. The number of aromatic nitrogens is 1. The van der Waals surface area contributed by atoms with E-state index in [4.69, 9.17) is 0 Å². The van der Waals surface area contributed by atoms with E-state index in [1.165, 1.54) is 44.5 Å². The summed E-state index contributed by atoms with van der Waals surface area (Å²) in [7, 11) is 0. The van der Waals surface area contributed by atoms with Crippen molar-refractivity contribution in [3.05, 3.63) is 169 Å². The second-order valence-corrected chi connectivity index (χ2v) is 10.8. The van der Waals surface area contributed by atoms with Gasteiger partial charge >= 0.3 is 0 Å². The first-order valence-electron chi connectivity index (χ1n) is 14.4. The molecule has 0 fully saturated rings. The molecule has 0 atom stereocenters. The van der Waals surface area contributed by atoms with Crippen molar-refractivity contribution >= 4 is 28.7 Å². The number of benzene rings is 5. The van der Waals surface area contributed by atoms with Crippen molar-refractivity contribution in [2.45, 2.75) is 6.42 Å². The zero-order chi connectivity index (χ0) is 27.9. The molecule has 6 aromatic rings. The Morgan fingerprint density at radius 3 is 2.14 bits per heavy atom. The molecule has 0 saturated carbocycles. The van der Waals surface area contributed by atoms with Crippen LogP contribution in [0, 0.1) is 0 Å². The molecule has 0 amide bonds. The molecule has 0 N–H and O–H groups in total. The van der Waals surface area contributed by atoms with Crippen LogP contribution in [0.1, 0.15) is 23.1 Å². The van der Waals surface area contributed by atoms with Crippen molar-refractivity contribution < 1.29 is 0 Å². The zero-order valence-electron chi connectivity index (χ0n) is 23.1. The van der Waals surface area contributed by atoms with Gasteiger partial charge in [-0.15, -0.1) is 0 Å². The lowest BCUT2D eigenvalue weighted by Gasteiger charge is -2.26. The lowest BCUT2D eigenvalue weighted by molar-refractivity contribution is 1.28. The lowest BCUT2D eigenvalue weighted by Crippen LogP contribution is -2.09. The van der Waals surface area contributed by atoms with Gasteiger partial charge in [-0.3, -0.25) is 4.98 Å². The predicted octanol–water partition coefficient (Wildman–Crippen LogP) is 10.7. The summed E-state index contributed by atoms with van der Waals surface area (Å²) in [4.78, 5) is 6.61. The predicted molar refractivity (Wildman–Crippen MR) is 176 cm³/mol. The third-order valence-corrected chi connectivity index (χ3v) is 8.29. The van der Waals surface area contributed by atoms with E-state index in [-0.39, 0.29) is 0 Å². The lowest BCUT2D eigenvalue weighted by atomic mass is 9.97. The van der Waals surface area contributed by atoms with Gasteiger partial charge in [0.1, 0.15) is 0 Å². The minimum Gasteiger partial charge on any atom is -0.310 e. The molecule has 1 heterocycles. The molecule has 0 bridgehead atoms. The Morgan fingerprint density at radius 2 is 1.29 bits per heavy atom. The first-order valence-corrected chi connectivity index (χ1v) is 14.4. The molecule has 2 aliphatic rings. The third kappa shape index (κ3) is 4.17. The van der Waals surface area contributed by atoms with E-state index >= 15 is 0 Å². The van der Waals surface area contributed by atoms with Crippen LogP contribution in [-0.4, -0.2) is 4.98 Å². The van der Waals surface area contributed by atoms with Gasteiger partial charge in [-0.1, -0.05) is 97.1 Å². The monoisotopic (exact) mass is 536 g/mol. The Kier molecular flexibility index (Phi) is 5.89. The van der Waals surface area contributed by atoms with Crippen molar-refractivity contribution in [1.29, 1.82) is 0 Å². The van der Waals surface area contributed by atoms with Crippen molar-refractivity contribution in [1.82, 2.24) is 4.98 Å². The molecule has 8 rings (SSSR count). The molecule has 198 valence electrons. The van der Waals surface area contributed by atoms with E-state index in [1.54, 1.807) is 0 Å². The van der Waals surface area contributed by atoms with Crippen LogP contribution in [0.3, 0.4) is 0 Å². The highest BCUT2D eigenvalue weighted by molar-refractivity contribution is 6.05. The number of rotatable bonds is 5. The molecule has 42 heavy (non-hydrogen) atoms. The fraction of sp³-hybridized carbons (Fsp3) is 0.0250. The van der Waals surface area contributed by atoms with Crippen molar-refractivity contribution in [3.8, 4) is 33.4 Å². The first-order chi connectivity index (χ1) is 20.8. The topological polar surface area (TPSA) is 16.1 Å². The number of nitrogens with zero attached hydrogens (tertiary/aromatic N) is 2. The average molecular weight is 537 g/mol. The number of anilines is 3. The van der Waals surface area contributed by atoms with Gasteiger partial charge in [-0.2, -0.15) is 0 Å². The van der Waals surface area contributed by atoms with Gasteiger partial charge in [0.05, 0.1) is 0 Å². The quantitative estimate of drug-likeness (QED) is 0.217. The number of hydrogen-bond acceptors (Lipinski definition) is 2. The summed E-state index contributed by atoms with van der Waals surface area (Å²) in [5, 5.41) is 0. The molecule has 2 aliphatic carbocycles. The van der Waals surface area contributed by atoms with E-state index < -0.39 is 0 Å². The van der Waals surface area contributed by atoms with Crippen LogP contribution in [0.5, 0.6) is 0 Å². The summed E-state index contributed by atoms with van der Waals surface area (Å²) >= 11 is 0. The second-order valence-electron chi connectivity index (χ2n) is 10.8. The molecule has 0 spiro atoms. The Bertz CT molecular complexity index is 1980. The van der Waals surface area contributed by atoms with E-state index in [0.717, 1.165) is 34.6 Å². The van der Waals surface area contributed by atoms with Crippen molar-refractivity contribution in [2.24, 2.45) is 0 Å². The summed E-state index contributed by atoms with van der Waals surface area (Å²) in [5.41, 5.74) is 16.1. The van der Waals surface area contributed by atoms with Crippen LogP contribution in [0.2, 0.25) is 0 Å². The van der Waals surface area contributed by atoms with Crippen molar-refractivity contribution in [2.75, 3.05) is 4.90 Å². The highest BCUT2D eigenvalue weighted by atomic mass is 15.1. The number of para-hydroxylation sites is 1. The van der Waals surface area contributed by atoms with E-state index in [2.05, 4.69) is 149 Å². The van der Waals surface area contributed by atoms with E-state index in [0.29, 0.717) is 0 Å². The van der Waals surface area contributed by atoms with Crippen LogP contribution in [-0.2, 0) is 0 Å². The second kappa shape index (κ2) is 10.2. The normalized spacial score (nSPS) is 12.7. The Balaban J connectivity index is 1.21. The zero-order valence-corrected chi connectivity index (χ0v) is 23.1. The average Bonchev–Trinajstić information content (AvgIpc) is 3.21. The maximum Gasteiger partial charge on any atom is 0.0467 e. The smallest absolute Gasteiger partial charge is 0.0467 e. The van der Waals surface area contributed by atoms with Gasteiger partial charge in [-0.25, -0.2) is 0 Å². The number of fused-ring (bicyclic) bond motifs is 3. The largest absolute Gasteiger partial charge is 0.310 e. The van der Waals surface area contributed by atoms with Crippen molar-refractivity contribution in [3.63, 3.8) is 0 Å². The third-order valence-electron chi connectivity index (χ3n) is 8.29. The molecular formula is C40H28N2. The summed E-state index contributed by atoms with van der Waals surface area (Å²) in [6.45, 7) is 0. The minimum atomic E-state index is 0.964. The maximum atomic E-state index is 4.29. The molecule has 1 aromatic heterocycles. The summed E-state index contributed by atoms with van der Waals surface area (Å²) < 4.78 is 0. The molecule has 5 aromatic carbocycles. The van der Waals surface area contributed by atoms with Gasteiger partial charge < -0.3 is 4.90 Å². The Hall–Kier alpha value is -5.47. The van der Waals surface area contributed by atoms with Crippen LogP contribution >= 0.6 is 0 Å². The van der Waals surface area contributed by atoms with E-state index in [1.807, 2.05) is 18.5 Å². The number of pyridine rings is 1. The Labute approximate surface area is 246 Å². The maximum absolute atomic E-state index is 4.29. The van der Waals surface area contributed by atoms with Gasteiger partial charge in [0.2, 0.25) is 0 Å². The summed E-state index contributed by atoms with van der Waals surface area (Å²) in [5.74, 6) is 0. The number of hydrogen-bond donors (Lipinski definition) is 0. The van der Waals surface area contributed by atoms with Crippen LogP contribution in [0.15, 0.2) is 152 Å². The Morgan fingerprint density at radius 1 is 0.524 bits per heavy atom. The molecule has 0 radical (unpaired) electrons. The summed E-state index contributed by atoms with van der Waals surface area (Å²) in [6, 6.07) is 45.9. The van der Waals surface area contributed by atoms with E-state index in [9.17, 15) is 0 Å². The highest BCUT2D eigenvalue weighted by Crippen LogP contribution is 2.48. The fourth-order valence-corrected chi connectivity index (χ4v) is 6.33. The summed E-state index contributed by atoms with van der Waals surface area (Å²) in [6.07, 6.45) is 11.6.